The van der Waals surface area contributed by atoms with Crippen LogP contribution < -0.4 is 4.74 Å². The molecule has 2 fully saturated rings. The number of fused-ring (bicyclic) bond motifs is 1. The standard InChI is InChI=1S/C28H25F7O/c1-2-3-16-4-5-19-13-20(7-6-18(19)12-16)21-14-23(29)22(24(30)15-21)10-8-17-9-11-25(27(32)26(17)31)36-28(33,34)35/h2-3,9,11,14-16,18-20H,4-7,12-13H2,1H3/b3-2+. The first kappa shape index (κ1) is 26.1. The molecular weight excluding hydrogens is 485 g/mol. The van der Waals surface area contributed by atoms with Gasteiger partial charge in [0.15, 0.2) is 11.6 Å². The molecular formula is C28H25F7O. The Balaban J connectivity index is 1.50. The smallest absolute Gasteiger partial charge is 0.403 e. The summed E-state index contributed by atoms with van der Waals surface area (Å²) in [5.41, 5.74) is -0.720. The number of rotatable bonds is 3. The molecule has 4 atom stereocenters. The monoisotopic (exact) mass is 510 g/mol. The van der Waals surface area contributed by atoms with E-state index in [9.17, 15) is 30.7 Å². The van der Waals surface area contributed by atoms with Crippen LogP contribution in [-0.4, -0.2) is 6.36 Å². The lowest BCUT2D eigenvalue weighted by atomic mass is 9.64. The van der Waals surface area contributed by atoms with Crippen LogP contribution in [-0.2, 0) is 0 Å². The van der Waals surface area contributed by atoms with E-state index in [-0.39, 0.29) is 5.92 Å². The molecule has 0 heterocycles. The summed E-state index contributed by atoms with van der Waals surface area (Å²) in [6, 6.07) is 3.77. The minimum Gasteiger partial charge on any atom is -0.403 e. The van der Waals surface area contributed by atoms with Gasteiger partial charge in [-0.1, -0.05) is 24.0 Å². The molecule has 36 heavy (non-hydrogen) atoms. The molecule has 0 radical (unpaired) electrons. The number of ether oxygens (including phenoxy) is 1. The number of alkyl halides is 3. The summed E-state index contributed by atoms with van der Waals surface area (Å²) in [5, 5.41) is 0. The zero-order valence-corrected chi connectivity index (χ0v) is 19.6. The topological polar surface area (TPSA) is 9.23 Å². The molecule has 0 spiro atoms. The Labute approximate surface area is 205 Å². The first-order chi connectivity index (χ1) is 17.1. The van der Waals surface area contributed by atoms with Crippen LogP contribution in [0.2, 0.25) is 0 Å². The summed E-state index contributed by atoms with van der Waals surface area (Å²) in [5.74, 6) is -0.771. The highest BCUT2D eigenvalue weighted by Gasteiger charge is 2.36. The van der Waals surface area contributed by atoms with Crippen LogP contribution in [0, 0.1) is 52.9 Å². The number of halogens is 7. The largest absolute Gasteiger partial charge is 0.573 e. The van der Waals surface area contributed by atoms with E-state index in [0.717, 1.165) is 44.6 Å². The maximum Gasteiger partial charge on any atom is 0.573 e. The van der Waals surface area contributed by atoms with Gasteiger partial charge in [0, 0.05) is 0 Å². The van der Waals surface area contributed by atoms with Crippen molar-refractivity contribution in [3.8, 4) is 17.6 Å². The molecule has 2 aliphatic rings. The van der Waals surface area contributed by atoms with Crippen molar-refractivity contribution in [3.05, 3.63) is 76.4 Å². The summed E-state index contributed by atoms with van der Waals surface area (Å²) in [6.07, 6.45) is 5.23. The van der Waals surface area contributed by atoms with Crippen LogP contribution in [0.15, 0.2) is 36.4 Å². The van der Waals surface area contributed by atoms with Gasteiger partial charge in [0.2, 0.25) is 5.82 Å². The number of allylic oxidation sites excluding steroid dienone is 2. The third kappa shape index (κ3) is 5.88. The van der Waals surface area contributed by atoms with Gasteiger partial charge in [0.1, 0.15) is 11.6 Å². The lowest BCUT2D eigenvalue weighted by molar-refractivity contribution is -0.275. The van der Waals surface area contributed by atoms with Gasteiger partial charge in [-0.15, -0.1) is 13.2 Å². The first-order valence-electron chi connectivity index (χ1n) is 11.9. The van der Waals surface area contributed by atoms with Crippen LogP contribution in [0.4, 0.5) is 30.7 Å². The van der Waals surface area contributed by atoms with Crippen LogP contribution in [0.25, 0.3) is 0 Å². The van der Waals surface area contributed by atoms with E-state index in [1.54, 1.807) is 0 Å². The molecule has 1 nitrogen and oxygen atoms in total. The van der Waals surface area contributed by atoms with Crippen molar-refractivity contribution in [2.75, 3.05) is 0 Å². The summed E-state index contributed by atoms with van der Waals surface area (Å²) in [4.78, 5) is 0. The average molecular weight is 510 g/mol. The van der Waals surface area contributed by atoms with Crippen LogP contribution >= 0.6 is 0 Å². The predicted octanol–water partition coefficient (Wildman–Crippen LogP) is 8.42. The van der Waals surface area contributed by atoms with Crippen molar-refractivity contribution in [1.82, 2.24) is 0 Å². The quantitative estimate of drug-likeness (QED) is 0.229. The number of hydrogen-bond acceptors (Lipinski definition) is 1. The summed E-state index contributed by atoms with van der Waals surface area (Å²) in [6.45, 7) is 2.03. The third-order valence-corrected chi connectivity index (χ3v) is 7.25. The van der Waals surface area contributed by atoms with Crippen molar-refractivity contribution in [2.45, 2.75) is 57.7 Å². The van der Waals surface area contributed by atoms with Crippen molar-refractivity contribution in [1.29, 1.82) is 0 Å². The molecule has 2 aromatic rings. The Morgan fingerprint density at radius 2 is 1.53 bits per heavy atom. The lowest BCUT2D eigenvalue weighted by Gasteiger charge is -2.41. The molecule has 0 bridgehead atoms. The average Bonchev–Trinajstić information content (AvgIpc) is 2.81. The van der Waals surface area contributed by atoms with Gasteiger partial charge in [-0.05, 0) is 98.9 Å². The zero-order valence-electron chi connectivity index (χ0n) is 19.6. The highest BCUT2D eigenvalue weighted by Crippen LogP contribution is 2.48. The normalized spacial score (nSPS) is 24.2. The van der Waals surface area contributed by atoms with Crippen molar-refractivity contribution >= 4 is 0 Å². The van der Waals surface area contributed by atoms with Crippen LogP contribution in [0.1, 0.15) is 68.1 Å². The van der Waals surface area contributed by atoms with Crippen molar-refractivity contribution < 1.29 is 35.5 Å². The van der Waals surface area contributed by atoms with Crippen molar-refractivity contribution in [2.24, 2.45) is 17.8 Å². The molecule has 2 aromatic carbocycles. The fourth-order valence-corrected chi connectivity index (χ4v) is 5.58. The van der Waals surface area contributed by atoms with E-state index >= 15 is 0 Å². The fourth-order valence-electron chi connectivity index (χ4n) is 5.58. The summed E-state index contributed by atoms with van der Waals surface area (Å²) >= 11 is 0. The van der Waals surface area contributed by atoms with E-state index in [1.165, 1.54) is 12.1 Å². The van der Waals surface area contributed by atoms with Gasteiger partial charge in [-0.2, -0.15) is 4.39 Å². The van der Waals surface area contributed by atoms with Crippen molar-refractivity contribution in [3.63, 3.8) is 0 Å². The molecule has 4 unspecified atom stereocenters. The van der Waals surface area contributed by atoms with Gasteiger partial charge in [0.05, 0.1) is 11.1 Å². The Hall–Kier alpha value is -2.95. The Bertz CT molecular complexity index is 1180. The SMILES string of the molecule is C/C=C/C1CCC2CC(c3cc(F)c(C#Cc4ccc(OC(F)(F)F)c(F)c4F)c(F)c3)CCC2C1. The minimum absolute atomic E-state index is 0.0308. The second kappa shape index (κ2) is 10.6. The molecule has 0 aromatic heterocycles. The van der Waals surface area contributed by atoms with Gasteiger partial charge in [-0.25, -0.2) is 13.2 Å². The van der Waals surface area contributed by atoms with E-state index in [2.05, 4.69) is 28.7 Å². The van der Waals surface area contributed by atoms with E-state index in [0.29, 0.717) is 29.4 Å². The van der Waals surface area contributed by atoms with Gasteiger partial charge in [0.25, 0.3) is 0 Å². The molecule has 0 saturated heterocycles. The second-order valence-corrected chi connectivity index (χ2v) is 9.53. The minimum atomic E-state index is -5.21. The van der Waals surface area contributed by atoms with Gasteiger partial charge >= 0.3 is 6.36 Å². The molecule has 0 aliphatic heterocycles. The molecule has 192 valence electrons. The van der Waals surface area contributed by atoms with E-state index in [4.69, 9.17) is 0 Å². The molecule has 4 rings (SSSR count). The van der Waals surface area contributed by atoms with Gasteiger partial charge < -0.3 is 4.74 Å². The number of benzene rings is 2. The molecule has 0 amide bonds. The predicted molar refractivity (Wildman–Crippen MR) is 121 cm³/mol. The second-order valence-electron chi connectivity index (χ2n) is 9.53. The fraction of sp³-hybridized carbons (Fsp3) is 0.429. The van der Waals surface area contributed by atoms with E-state index < -0.39 is 46.5 Å². The molecule has 2 saturated carbocycles. The number of hydrogen-bond donors (Lipinski definition) is 0. The third-order valence-electron chi connectivity index (χ3n) is 7.25. The molecule has 0 N–H and O–H groups in total. The highest BCUT2D eigenvalue weighted by atomic mass is 19.4. The van der Waals surface area contributed by atoms with Crippen LogP contribution in [0.5, 0.6) is 5.75 Å². The van der Waals surface area contributed by atoms with Crippen LogP contribution in [0.3, 0.4) is 0 Å². The summed E-state index contributed by atoms with van der Waals surface area (Å²) in [7, 11) is 0. The lowest BCUT2D eigenvalue weighted by Crippen LogP contribution is -2.30. The Morgan fingerprint density at radius 1 is 0.861 bits per heavy atom. The Kier molecular flexibility index (Phi) is 7.67. The molecule has 2 aliphatic carbocycles. The molecule has 8 heteroatoms. The maximum absolute atomic E-state index is 14.8. The first-order valence-corrected chi connectivity index (χ1v) is 11.9. The van der Waals surface area contributed by atoms with E-state index in [1.807, 2.05) is 6.92 Å². The maximum atomic E-state index is 14.8. The Morgan fingerprint density at radius 3 is 2.19 bits per heavy atom. The van der Waals surface area contributed by atoms with Gasteiger partial charge in [-0.3, -0.25) is 0 Å². The zero-order chi connectivity index (χ0) is 26.0. The highest BCUT2D eigenvalue weighted by molar-refractivity contribution is 5.47. The summed E-state index contributed by atoms with van der Waals surface area (Å²) < 4.78 is 97.9.